The molecule has 21 heavy (non-hydrogen) atoms. The van der Waals surface area contributed by atoms with Gasteiger partial charge in [0, 0.05) is 5.56 Å². The zero-order valence-corrected chi connectivity index (χ0v) is 11.3. The summed E-state index contributed by atoms with van der Waals surface area (Å²) in [5, 5.41) is 2.90. The van der Waals surface area contributed by atoms with Gasteiger partial charge in [-0.1, -0.05) is 18.2 Å². The largest absolute Gasteiger partial charge is 0.308 e. The molecule has 3 nitrogen and oxygen atoms in total. The Balaban J connectivity index is 2.14. The fourth-order valence-corrected chi connectivity index (χ4v) is 2.34. The van der Waals surface area contributed by atoms with Crippen molar-refractivity contribution in [2.24, 2.45) is 0 Å². The Morgan fingerprint density at radius 3 is 2.29 bits per heavy atom. The molecular formula is C16H13F2N3. The van der Waals surface area contributed by atoms with Crippen LogP contribution in [0.3, 0.4) is 0 Å². The van der Waals surface area contributed by atoms with Gasteiger partial charge in [-0.3, -0.25) is 4.98 Å². The molecule has 0 fully saturated rings. The third-order valence-corrected chi connectivity index (χ3v) is 3.34. The van der Waals surface area contributed by atoms with Crippen molar-refractivity contribution in [3.05, 3.63) is 71.6 Å². The Hall–Kier alpha value is -2.40. The van der Waals surface area contributed by atoms with Gasteiger partial charge in [-0.2, -0.15) is 0 Å². The maximum absolute atomic E-state index is 14.0. The zero-order valence-electron chi connectivity index (χ0n) is 11.3. The molecule has 1 aromatic heterocycles. The molecule has 1 N–H and O–H groups in total. The maximum atomic E-state index is 14.0. The summed E-state index contributed by atoms with van der Waals surface area (Å²) in [6, 6.07) is 10.5. The van der Waals surface area contributed by atoms with E-state index in [2.05, 4.69) is 15.3 Å². The fraction of sp³-hybridized carbons (Fsp3) is 0.125. The second kappa shape index (κ2) is 5.54. The molecule has 0 aliphatic rings. The predicted octanol–water partition coefficient (Wildman–Crippen LogP) is 3.22. The van der Waals surface area contributed by atoms with Gasteiger partial charge in [0.05, 0.1) is 29.0 Å². The van der Waals surface area contributed by atoms with Crippen molar-refractivity contribution >= 4 is 11.0 Å². The molecule has 1 atom stereocenters. The van der Waals surface area contributed by atoms with Crippen molar-refractivity contribution in [2.75, 3.05) is 7.05 Å². The first kappa shape index (κ1) is 13.6. The lowest BCUT2D eigenvalue weighted by Gasteiger charge is -2.17. The van der Waals surface area contributed by atoms with Gasteiger partial charge in [0.25, 0.3) is 0 Å². The molecule has 0 radical (unpaired) electrons. The van der Waals surface area contributed by atoms with Crippen molar-refractivity contribution < 1.29 is 8.78 Å². The van der Waals surface area contributed by atoms with Gasteiger partial charge in [-0.05, 0) is 31.3 Å². The van der Waals surface area contributed by atoms with Gasteiger partial charge >= 0.3 is 0 Å². The number of nitrogens with one attached hydrogen (secondary N) is 1. The van der Waals surface area contributed by atoms with Crippen LogP contribution in [-0.2, 0) is 0 Å². The van der Waals surface area contributed by atoms with Gasteiger partial charge in [-0.25, -0.2) is 13.8 Å². The normalized spacial score (nSPS) is 12.5. The first-order chi connectivity index (χ1) is 10.2. The highest BCUT2D eigenvalue weighted by molar-refractivity contribution is 5.73. The summed E-state index contributed by atoms with van der Waals surface area (Å²) in [6.07, 6.45) is 1.54. The summed E-state index contributed by atoms with van der Waals surface area (Å²) in [5.41, 5.74) is 1.85. The van der Waals surface area contributed by atoms with Crippen molar-refractivity contribution in [2.45, 2.75) is 6.04 Å². The molecule has 1 heterocycles. The average molecular weight is 285 g/mol. The Bertz CT molecular complexity index is 769. The van der Waals surface area contributed by atoms with Gasteiger partial charge in [0.2, 0.25) is 0 Å². The topological polar surface area (TPSA) is 37.8 Å². The molecule has 2 aromatic carbocycles. The van der Waals surface area contributed by atoms with Crippen LogP contribution in [0, 0.1) is 11.6 Å². The van der Waals surface area contributed by atoms with Crippen molar-refractivity contribution in [3.8, 4) is 0 Å². The fourth-order valence-electron chi connectivity index (χ4n) is 2.34. The molecule has 0 bridgehead atoms. The molecule has 106 valence electrons. The number of nitrogens with zero attached hydrogens (tertiary/aromatic N) is 2. The summed E-state index contributed by atoms with van der Waals surface area (Å²) in [5.74, 6) is -1.21. The predicted molar refractivity (Wildman–Crippen MR) is 76.8 cm³/mol. The summed E-state index contributed by atoms with van der Waals surface area (Å²) >= 11 is 0. The molecule has 0 saturated heterocycles. The molecule has 1 unspecified atom stereocenters. The molecule has 0 amide bonds. The monoisotopic (exact) mass is 285 g/mol. The lowest BCUT2D eigenvalue weighted by Crippen LogP contribution is -2.21. The molecule has 3 rings (SSSR count). The van der Waals surface area contributed by atoms with Crippen LogP contribution in [0.15, 0.2) is 48.7 Å². The lowest BCUT2D eigenvalue weighted by molar-refractivity contribution is 0.517. The number of hydrogen-bond donors (Lipinski definition) is 1. The van der Waals surface area contributed by atoms with Crippen molar-refractivity contribution in [3.63, 3.8) is 0 Å². The lowest BCUT2D eigenvalue weighted by atomic mass is 10.0. The molecule has 0 aliphatic heterocycles. The van der Waals surface area contributed by atoms with Crippen LogP contribution in [-0.4, -0.2) is 17.0 Å². The smallest absolute Gasteiger partial charge is 0.131 e. The third kappa shape index (κ3) is 2.48. The molecule has 0 aliphatic carbocycles. The van der Waals surface area contributed by atoms with Crippen LogP contribution in [0.1, 0.15) is 17.3 Å². The average Bonchev–Trinajstić information content (AvgIpc) is 2.50. The molecule has 5 heteroatoms. The van der Waals surface area contributed by atoms with E-state index in [1.54, 1.807) is 7.05 Å². The van der Waals surface area contributed by atoms with E-state index in [0.29, 0.717) is 11.2 Å². The van der Waals surface area contributed by atoms with Crippen LogP contribution < -0.4 is 5.32 Å². The first-order valence-electron chi connectivity index (χ1n) is 6.53. The molecule has 3 aromatic rings. The summed E-state index contributed by atoms with van der Waals surface area (Å²) in [6.45, 7) is 0. The number of rotatable bonds is 3. The second-order valence-electron chi connectivity index (χ2n) is 4.64. The van der Waals surface area contributed by atoms with Crippen molar-refractivity contribution in [1.29, 1.82) is 0 Å². The van der Waals surface area contributed by atoms with E-state index >= 15 is 0 Å². The molecule has 0 spiro atoms. The quantitative estimate of drug-likeness (QED) is 0.803. The SMILES string of the molecule is CNC(c1cnc2ccccc2n1)c1c(F)cccc1F. The Labute approximate surface area is 120 Å². The summed E-state index contributed by atoms with van der Waals surface area (Å²) < 4.78 is 27.9. The maximum Gasteiger partial charge on any atom is 0.131 e. The molecular weight excluding hydrogens is 272 g/mol. The number of benzene rings is 2. The van der Waals surface area contributed by atoms with Crippen LogP contribution in [0.4, 0.5) is 8.78 Å². The van der Waals surface area contributed by atoms with Gasteiger partial charge in [0.1, 0.15) is 11.6 Å². The first-order valence-corrected chi connectivity index (χ1v) is 6.53. The van der Waals surface area contributed by atoms with E-state index in [1.165, 1.54) is 24.4 Å². The van der Waals surface area contributed by atoms with E-state index in [-0.39, 0.29) is 5.56 Å². The Morgan fingerprint density at radius 2 is 1.62 bits per heavy atom. The van der Waals surface area contributed by atoms with E-state index in [9.17, 15) is 8.78 Å². The zero-order chi connectivity index (χ0) is 14.8. The second-order valence-corrected chi connectivity index (χ2v) is 4.64. The van der Waals surface area contributed by atoms with E-state index in [0.717, 1.165) is 5.52 Å². The van der Waals surface area contributed by atoms with Gasteiger partial charge < -0.3 is 5.32 Å². The van der Waals surface area contributed by atoms with Crippen LogP contribution in [0.5, 0.6) is 0 Å². The van der Waals surface area contributed by atoms with E-state index < -0.39 is 17.7 Å². The van der Waals surface area contributed by atoms with E-state index in [1.807, 2.05) is 24.3 Å². The number of aromatic nitrogens is 2. The highest BCUT2D eigenvalue weighted by atomic mass is 19.1. The number of para-hydroxylation sites is 2. The number of hydrogen-bond acceptors (Lipinski definition) is 3. The Kier molecular flexibility index (Phi) is 3.58. The Morgan fingerprint density at radius 1 is 0.952 bits per heavy atom. The number of halogens is 2. The minimum atomic E-state index is -0.691. The van der Waals surface area contributed by atoms with Gasteiger partial charge in [-0.15, -0.1) is 0 Å². The number of fused-ring (bicyclic) bond motifs is 1. The standard InChI is InChI=1S/C16H13F2N3/c1-19-16(15-10(17)5-4-6-11(15)18)14-9-20-12-7-2-3-8-13(12)21-14/h2-9,16,19H,1H3. The van der Waals surface area contributed by atoms with E-state index in [4.69, 9.17) is 0 Å². The highest BCUT2D eigenvalue weighted by Crippen LogP contribution is 2.26. The minimum absolute atomic E-state index is 0.0513. The minimum Gasteiger partial charge on any atom is -0.308 e. The summed E-state index contributed by atoms with van der Waals surface area (Å²) in [4.78, 5) is 8.73. The van der Waals surface area contributed by atoms with Crippen molar-refractivity contribution in [1.82, 2.24) is 15.3 Å². The van der Waals surface area contributed by atoms with Crippen LogP contribution in [0.25, 0.3) is 11.0 Å². The highest BCUT2D eigenvalue weighted by Gasteiger charge is 2.22. The summed E-state index contributed by atoms with van der Waals surface area (Å²) in [7, 11) is 1.63. The van der Waals surface area contributed by atoms with Crippen LogP contribution in [0.2, 0.25) is 0 Å². The van der Waals surface area contributed by atoms with Crippen LogP contribution >= 0.6 is 0 Å². The van der Waals surface area contributed by atoms with Gasteiger partial charge in [0.15, 0.2) is 0 Å². The molecule has 0 saturated carbocycles. The third-order valence-electron chi connectivity index (χ3n) is 3.34.